The van der Waals surface area contributed by atoms with Crippen molar-refractivity contribution >= 4 is 19.3 Å². The van der Waals surface area contributed by atoms with Gasteiger partial charge in [0, 0.05) is 5.88 Å². The summed E-state index contributed by atoms with van der Waals surface area (Å²) < 4.78 is 14.6. The van der Waals surface area contributed by atoms with Crippen LogP contribution in [0.4, 0.5) is 0 Å². The molecular weight excluding hydrogens is 150 g/mol. The molecule has 8 heavy (non-hydrogen) atoms. The molecule has 6 heteroatoms. The summed E-state index contributed by atoms with van der Waals surface area (Å²) in [7, 11) is -3.27. The Morgan fingerprint density at radius 1 is 1.62 bits per heavy atom. The Morgan fingerprint density at radius 2 is 2.12 bits per heavy atom. The smallest absolute Gasteiger partial charge is 0.305 e. The van der Waals surface area contributed by atoms with Crippen molar-refractivity contribution in [1.29, 1.82) is 0 Å². The first kappa shape index (κ1) is 8.40. The minimum absolute atomic E-state index is 0.131. The lowest BCUT2D eigenvalue weighted by atomic mass is 10.9. The van der Waals surface area contributed by atoms with E-state index in [1.165, 1.54) is 0 Å². The van der Waals surface area contributed by atoms with E-state index in [0.29, 0.717) is 0 Å². The van der Waals surface area contributed by atoms with Crippen molar-refractivity contribution in [3.63, 3.8) is 0 Å². The van der Waals surface area contributed by atoms with Crippen LogP contribution in [-0.4, -0.2) is 12.5 Å². The van der Waals surface area contributed by atoms with Gasteiger partial charge in [-0.25, -0.2) is 11.0 Å². The molecule has 0 amide bonds. The fourth-order valence-electron chi connectivity index (χ4n) is 0.177. The van der Waals surface area contributed by atoms with Gasteiger partial charge in [-0.2, -0.15) is 0 Å². The summed E-state index contributed by atoms with van der Waals surface area (Å²) in [6.07, 6.45) is 0. The van der Waals surface area contributed by atoms with Crippen LogP contribution in [0.2, 0.25) is 0 Å². The first-order chi connectivity index (χ1) is 3.56. The van der Waals surface area contributed by atoms with Gasteiger partial charge in [0.05, 0.1) is 6.61 Å². The molecule has 0 unspecified atom stereocenters. The number of alkyl halides is 1. The summed E-state index contributed by atoms with van der Waals surface area (Å²) in [6, 6.07) is 0. The van der Waals surface area contributed by atoms with Crippen molar-refractivity contribution < 1.29 is 9.09 Å². The van der Waals surface area contributed by atoms with Crippen molar-refractivity contribution in [3.8, 4) is 0 Å². The van der Waals surface area contributed by atoms with Crippen LogP contribution in [0.5, 0.6) is 0 Å². The fourth-order valence-corrected chi connectivity index (χ4v) is 0.739. The molecule has 4 nitrogen and oxygen atoms in total. The van der Waals surface area contributed by atoms with E-state index in [0.717, 1.165) is 0 Å². The Balaban J connectivity index is 3.26. The molecule has 0 saturated heterocycles. The van der Waals surface area contributed by atoms with Gasteiger partial charge in [-0.15, -0.1) is 11.6 Å². The molecule has 0 aromatic carbocycles. The van der Waals surface area contributed by atoms with Gasteiger partial charge in [-0.05, 0) is 0 Å². The van der Waals surface area contributed by atoms with Crippen molar-refractivity contribution in [2.75, 3.05) is 12.5 Å². The third-order valence-electron chi connectivity index (χ3n) is 0.370. The molecule has 0 aliphatic carbocycles. The van der Waals surface area contributed by atoms with E-state index < -0.39 is 7.67 Å². The minimum Gasteiger partial charge on any atom is -0.305 e. The Labute approximate surface area is 52.7 Å². The minimum atomic E-state index is -3.27. The maximum Gasteiger partial charge on any atom is 0.335 e. The predicted octanol–water partition coefficient (Wildman–Crippen LogP) is 0.267. The normalized spacial score (nSPS) is 11.9. The molecule has 0 aromatic rings. The van der Waals surface area contributed by atoms with E-state index in [-0.39, 0.29) is 12.5 Å². The molecular formula is C2H8ClN2O2P. The second kappa shape index (κ2) is 3.43. The maximum atomic E-state index is 10.2. The lowest BCUT2D eigenvalue weighted by Gasteiger charge is -2.03. The third-order valence-corrected chi connectivity index (χ3v) is 1.11. The highest BCUT2D eigenvalue weighted by atomic mass is 35.5. The highest BCUT2D eigenvalue weighted by Gasteiger charge is 2.05. The van der Waals surface area contributed by atoms with E-state index in [1.54, 1.807) is 0 Å². The molecule has 0 rings (SSSR count). The molecule has 0 bridgehead atoms. The average Bonchev–Trinajstić information content (AvgIpc) is 1.59. The van der Waals surface area contributed by atoms with E-state index in [2.05, 4.69) is 4.52 Å². The lowest BCUT2D eigenvalue weighted by Crippen LogP contribution is -2.09. The summed E-state index contributed by atoms with van der Waals surface area (Å²) >= 11 is 5.15. The predicted molar refractivity (Wildman–Crippen MR) is 32.7 cm³/mol. The van der Waals surface area contributed by atoms with E-state index in [1.807, 2.05) is 0 Å². The summed E-state index contributed by atoms with van der Waals surface area (Å²) in [5.41, 5.74) is 9.55. The van der Waals surface area contributed by atoms with Crippen LogP contribution in [0.1, 0.15) is 0 Å². The van der Waals surface area contributed by atoms with E-state index >= 15 is 0 Å². The molecule has 0 saturated carbocycles. The quantitative estimate of drug-likeness (QED) is 0.456. The van der Waals surface area contributed by atoms with Crippen LogP contribution in [0.3, 0.4) is 0 Å². The highest BCUT2D eigenvalue weighted by molar-refractivity contribution is 7.53. The molecule has 0 atom stereocenters. The molecule has 50 valence electrons. The molecule has 0 aliphatic heterocycles. The number of nitrogens with two attached hydrogens (primary N) is 2. The van der Waals surface area contributed by atoms with Gasteiger partial charge in [-0.3, -0.25) is 4.57 Å². The number of hydrogen-bond acceptors (Lipinski definition) is 2. The third kappa shape index (κ3) is 6.40. The van der Waals surface area contributed by atoms with E-state index in [9.17, 15) is 4.57 Å². The number of hydrogen-bond donors (Lipinski definition) is 2. The molecule has 0 spiro atoms. The standard InChI is InChI=1S/C2H8ClN2O2P/c3-1-2-7-8(4,5)6/h1-2H2,(H4,4,5,6). The van der Waals surface area contributed by atoms with E-state index in [4.69, 9.17) is 22.6 Å². The molecule has 0 aromatic heterocycles. The topological polar surface area (TPSA) is 78.3 Å². The van der Waals surface area contributed by atoms with Gasteiger partial charge < -0.3 is 4.52 Å². The Hall–Kier alpha value is 0.400. The van der Waals surface area contributed by atoms with Gasteiger partial charge in [0.2, 0.25) is 0 Å². The van der Waals surface area contributed by atoms with Crippen molar-refractivity contribution in [3.05, 3.63) is 0 Å². The van der Waals surface area contributed by atoms with Gasteiger partial charge in [-0.1, -0.05) is 0 Å². The summed E-state index contributed by atoms with van der Waals surface area (Å²) in [5, 5.41) is 0. The Kier molecular flexibility index (Phi) is 3.60. The van der Waals surface area contributed by atoms with Crippen LogP contribution in [-0.2, 0) is 9.09 Å². The number of rotatable bonds is 3. The average molecular weight is 159 g/mol. The zero-order chi connectivity index (χ0) is 6.62. The summed E-state index contributed by atoms with van der Waals surface area (Å²) in [6.45, 7) is 0.131. The maximum absolute atomic E-state index is 10.2. The fraction of sp³-hybridized carbons (Fsp3) is 1.00. The first-order valence-corrected chi connectivity index (χ1v) is 4.24. The SMILES string of the molecule is NP(N)(=O)OCCCl. The lowest BCUT2D eigenvalue weighted by molar-refractivity contribution is 0.336. The molecule has 0 aliphatic rings. The van der Waals surface area contributed by atoms with Crippen molar-refractivity contribution in [1.82, 2.24) is 0 Å². The van der Waals surface area contributed by atoms with Crippen LogP contribution in [0.15, 0.2) is 0 Å². The summed E-state index contributed by atoms with van der Waals surface area (Å²) in [5.74, 6) is 0.248. The van der Waals surface area contributed by atoms with Crippen LogP contribution >= 0.6 is 19.3 Å². The van der Waals surface area contributed by atoms with Gasteiger partial charge in [0.15, 0.2) is 0 Å². The molecule has 0 fully saturated rings. The van der Waals surface area contributed by atoms with Gasteiger partial charge in [0.25, 0.3) is 0 Å². The van der Waals surface area contributed by atoms with Crippen molar-refractivity contribution in [2.24, 2.45) is 11.0 Å². The zero-order valence-electron chi connectivity index (χ0n) is 4.21. The highest BCUT2D eigenvalue weighted by Crippen LogP contribution is 2.25. The second-order valence-electron chi connectivity index (χ2n) is 1.17. The molecule has 0 heterocycles. The summed E-state index contributed by atoms with van der Waals surface area (Å²) in [4.78, 5) is 0. The Bertz CT molecular complexity index is 102. The monoisotopic (exact) mass is 158 g/mol. The second-order valence-corrected chi connectivity index (χ2v) is 3.09. The largest absolute Gasteiger partial charge is 0.335 e. The van der Waals surface area contributed by atoms with Crippen LogP contribution in [0, 0.1) is 0 Å². The molecule has 4 N–H and O–H groups in total. The van der Waals surface area contributed by atoms with Crippen LogP contribution in [0.25, 0.3) is 0 Å². The van der Waals surface area contributed by atoms with Crippen LogP contribution < -0.4 is 11.0 Å². The van der Waals surface area contributed by atoms with Gasteiger partial charge in [0.1, 0.15) is 0 Å². The Morgan fingerprint density at radius 3 is 2.25 bits per heavy atom. The zero-order valence-corrected chi connectivity index (χ0v) is 5.86. The first-order valence-electron chi connectivity index (χ1n) is 1.94. The van der Waals surface area contributed by atoms with Gasteiger partial charge >= 0.3 is 7.67 Å². The number of halogens is 1. The van der Waals surface area contributed by atoms with Crippen molar-refractivity contribution in [2.45, 2.75) is 0 Å². The molecule has 0 radical (unpaired) electrons.